The van der Waals surface area contributed by atoms with Crippen molar-refractivity contribution in [3.8, 4) is 0 Å². The van der Waals surface area contributed by atoms with Crippen molar-refractivity contribution in [1.29, 1.82) is 0 Å². The zero-order valence-electron chi connectivity index (χ0n) is 8.80. The number of aliphatic hydroxyl groups excluding tert-OH is 1. The molecule has 1 aliphatic heterocycles. The summed E-state index contributed by atoms with van der Waals surface area (Å²) in [6, 6.07) is -0.331. The van der Waals surface area contributed by atoms with Gasteiger partial charge < -0.3 is 15.6 Å². The van der Waals surface area contributed by atoms with Gasteiger partial charge in [0.05, 0.1) is 17.2 Å². The van der Waals surface area contributed by atoms with Gasteiger partial charge in [-0.25, -0.2) is 4.79 Å². The van der Waals surface area contributed by atoms with Crippen LogP contribution < -0.4 is 17.0 Å². The number of hydrogen-bond acceptors (Lipinski definition) is 5. The number of aliphatic hydroxyl groups is 1. The van der Waals surface area contributed by atoms with Crippen molar-refractivity contribution in [2.45, 2.75) is 24.8 Å². The van der Waals surface area contributed by atoms with Gasteiger partial charge in [0.1, 0.15) is 6.23 Å². The molecule has 0 unspecified atom stereocenters. The molecule has 0 saturated carbocycles. The van der Waals surface area contributed by atoms with Gasteiger partial charge in [-0.3, -0.25) is 14.3 Å². The van der Waals surface area contributed by atoms with E-state index >= 15 is 0 Å². The molecule has 0 radical (unpaired) electrons. The second-order valence-corrected chi connectivity index (χ2v) is 4.71. The number of hydrogen-bond donors (Lipinski definition) is 3. The molecule has 1 aromatic rings. The van der Waals surface area contributed by atoms with Gasteiger partial charge >= 0.3 is 5.69 Å². The van der Waals surface area contributed by atoms with Crippen LogP contribution in [-0.4, -0.2) is 33.4 Å². The molecule has 17 heavy (non-hydrogen) atoms. The molecule has 1 fully saturated rings. The number of ether oxygens (including phenoxy) is 1. The van der Waals surface area contributed by atoms with Gasteiger partial charge in [-0.05, 0) is 15.9 Å². The van der Waals surface area contributed by atoms with Crippen molar-refractivity contribution < 1.29 is 9.84 Å². The summed E-state index contributed by atoms with van der Waals surface area (Å²) in [4.78, 5) is 24.9. The van der Waals surface area contributed by atoms with E-state index in [2.05, 4.69) is 20.9 Å². The van der Waals surface area contributed by atoms with Gasteiger partial charge in [-0.1, -0.05) is 0 Å². The van der Waals surface area contributed by atoms with Crippen LogP contribution in [0.25, 0.3) is 0 Å². The Morgan fingerprint density at radius 2 is 2.35 bits per heavy atom. The van der Waals surface area contributed by atoms with Crippen molar-refractivity contribution in [3.63, 3.8) is 0 Å². The number of H-pyrrole nitrogens is 1. The average Bonchev–Trinajstić information content (AvgIpc) is 2.65. The van der Waals surface area contributed by atoms with Gasteiger partial charge in [-0.15, -0.1) is 0 Å². The third kappa shape index (κ3) is 2.34. The Kier molecular flexibility index (Phi) is 3.48. The van der Waals surface area contributed by atoms with E-state index in [1.807, 2.05) is 0 Å². The number of halogens is 1. The highest BCUT2D eigenvalue weighted by Gasteiger charge is 2.33. The predicted octanol–water partition coefficient (Wildman–Crippen LogP) is -1.09. The number of aromatic nitrogens is 2. The van der Waals surface area contributed by atoms with Crippen molar-refractivity contribution >= 4 is 15.9 Å². The topological polar surface area (TPSA) is 110 Å². The van der Waals surface area contributed by atoms with Crippen LogP contribution in [-0.2, 0) is 4.74 Å². The summed E-state index contributed by atoms with van der Waals surface area (Å²) in [7, 11) is 0. The molecule has 2 rings (SSSR count). The summed E-state index contributed by atoms with van der Waals surface area (Å²) in [5.74, 6) is 0. The summed E-state index contributed by atoms with van der Waals surface area (Å²) in [6.45, 7) is -0.197. The normalized spacial score (nSPS) is 28.5. The third-order valence-corrected chi connectivity index (χ3v) is 3.26. The molecular formula is C9H12BrN3O4. The Labute approximate surface area is 104 Å². The number of nitrogens with two attached hydrogens (primary N) is 1. The highest BCUT2D eigenvalue weighted by molar-refractivity contribution is 9.10. The lowest BCUT2D eigenvalue weighted by Gasteiger charge is -2.14. The molecule has 1 aliphatic rings. The van der Waals surface area contributed by atoms with Gasteiger partial charge in [0.25, 0.3) is 5.56 Å². The fourth-order valence-corrected chi connectivity index (χ4v) is 2.09. The first kappa shape index (κ1) is 12.5. The highest BCUT2D eigenvalue weighted by Crippen LogP contribution is 2.26. The Morgan fingerprint density at radius 1 is 1.65 bits per heavy atom. The van der Waals surface area contributed by atoms with Crippen LogP contribution in [0.4, 0.5) is 0 Å². The molecule has 1 aromatic heterocycles. The maximum Gasteiger partial charge on any atom is 0.330 e. The van der Waals surface area contributed by atoms with Crippen molar-refractivity contribution in [2.24, 2.45) is 5.73 Å². The van der Waals surface area contributed by atoms with Gasteiger partial charge in [-0.2, -0.15) is 0 Å². The molecule has 2 heterocycles. The van der Waals surface area contributed by atoms with E-state index in [0.717, 1.165) is 0 Å². The van der Waals surface area contributed by atoms with Crippen molar-refractivity contribution in [3.05, 3.63) is 31.5 Å². The zero-order chi connectivity index (χ0) is 12.6. The van der Waals surface area contributed by atoms with E-state index < -0.39 is 23.6 Å². The van der Waals surface area contributed by atoms with E-state index in [9.17, 15) is 9.59 Å². The van der Waals surface area contributed by atoms with E-state index in [0.29, 0.717) is 6.42 Å². The number of nitrogens with one attached hydrogen (secondary N) is 1. The van der Waals surface area contributed by atoms with Crippen LogP contribution in [0.15, 0.2) is 20.3 Å². The summed E-state index contributed by atoms with van der Waals surface area (Å²) >= 11 is 3.03. The SMILES string of the molecule is N[C@H]1C[C@H](n2cc(Br)c(=O)[nH]c2=O)O[C@@H]1CO. The Balaban J connectivity index is 2.34. The molecule has 94 valence electrons. The lowest BCUT2D eigenvalue weighted by atomic mass is 10.1. The smallest absolute Gasteiger partial charge is 0.330 e. The van der Waals surface area contributed by atoms with Gasteiger partial charge in [0, 0.05) is 18.7 Å². The second kappa shape index (κ2) is 4.73. The number of nitrogens with zero attached hydrogens (tertiary/aromatic N) is 1. The van der Waals surface area contributed by atoms with E-state index in [-0.39, 0.29) is 17.1 Å². The van der Waals surface area contributed by atoms with Crippen molar-refractivity contribution in [2.75, 3.05) is 6.61 Å². The first-order valence-electron chi connectivity index (χ1n) is 5.05. The molecule has 1 saturated heterocycles. The Morgan fingerprint density at radius 3 is 2.94 bits per heavy atom. The van der Waals surface area contributed by atoms with Crippen LogP contribution in [0.3, 0.4) is 0 Å². The molecule has 0 bridgehead atoms. The molecule has 7 nitrogen and oxygen atoms in total. The minimum absolute atomic E-state index is 0.197. The fourth-order valence-electron chi connectivity index (χ4n) is 1.78. The summed E-state index contributed by atoms with van der Waals surface area (Å²) in [6.07, 6.45) is 0.711. The maximum atomic E-state index is 11.6. The first-order valence-corrected chi connectivity index (χ1v) is 5.85. The van der Waals surface area contributed by atoms with Gasteiger partial charge in [0.15, 0.2) is 0 Å². The van der Waals surface area contributed by atoms with E-state index in [4.69, 9.17) is 15.6 Å². The van der Waals surface area contributed by atoms with Crippen LogP contribution in [0.2, 0.25) is 0 Å². The Bertz CT molecular complexity index is 526. The lowest BCUT2D eigenvalue weighted by molar-refractivity contribution is -0.0272. The second-order valence-electron chi connectivity index (χ2n) is 3.85. The summed E-state index contributed by atoms with van der Waals surface area (Å²) in [5, 5.41) is 9.01. The first-order chi connectivity index (χ1) is 8.02. The quantitative estimate of drug-likeness (QED) is 0.643. The summed E-state index contributed by atoms with van der Waals surface area (Å²) < 4.78 is 6.92. The molecule has 0 aliphatic carbocycles. The predicted molar refractivity (Wildman–Crippen MR) is 62.6 cm³/mol. The molecule has 4 N–H and O–H groups in total. The third-order valence-electron chi connectivity index (χ3n) is 2.70. The van der Waals surface area contributed by atoms with Crippen molar-refractivity contribution in [1.82, 2.24) is 9.55 Å². The average molecular weight is 306 g/mol. The lowest BCUT2D eigenvalue weighted by Crippen LogP contribution is -2.32. The molecule has 3 atom stereocenters. The zero-order valence-corrected chi connectivity index (χ0v) is 10.4. The van der Waals surface area contributed by atoms with Gasteiger partial charge in [0.2, 0.25) is 0 Å². The minimum atomic E-state index is -0.567. The largest absolute Gasteiger partial charge is 0.394 e. The molecule has 8 heteroatoms. The maximum absolute atomic E-state index is 11.6. The minimum Gasteiger partial charge on any atom is -0.394 e. The van der Waals surface area contributed by atoms with Crippen LogP contribution >= 0.6 is 15.9 Å². The monoisotopic (exact) mass is 305 g/mol. The number of aromatic amines is 1. The van der Waals surface area contributed by atoms with E-state index in [1.165, 1.54) is 10.8 Å². The van der Waals surface area contributed by atoms with Crippen LogP contribution in [0.5, 0.6) is 0 Å². The Hall–Kier alpha value is -0.960. The fraction of sp³-hybridized carbons (Fsp3) is 0.556. The van der Waals surface area contributed by atoms with Crippen LogP contribution in [0.1, 0.15) is 12.6 Å². The highest BCUT2D eigenvalue weighted by atomic mass is 79.9. The molecule has 0 amide bonds. The molecule has 0 spiro atoms. The standard InChI is InChI=1S/C9H12BrN3O4/c10-4-2-13(9(16)12-8(4)15)7-1-5(11)6(3-14)17-7/h2,5-7,14H,1,3,11H2,(H,12,15,16)/t5-,6+,7+/m0/s1. The summed E-state index contributed by atoms with van der Waals surface area (Å²) in [5.41, 5.74) is 4.70. The molecule has 0 aromatic carbocycles. The molecular weight excluding hydrogens is 294 g/mol. The number of rotatable bonds is 2. The van der Waals surface area contributed by atoms with Crippen LogP contribution in [0, 0.1) is 0 Å². The van der Waals surface area contributed by atoms with E-state index in [1.54, 1.807) is 0 Å².